The Labute approximate surface area is 223 Å². The van der Waals surface area contributed by atoms with E-state index in [-0.39, 0.29) is 16.2 Å². The molecule has 40 heavy (non-hydrogen) atoms. The predicted molar refractivity (Wildman–Crippen MR) is 130 cm³/mol. The Morgan fingerprint density at radius 3 is 2.15 bits per heavy atom. The highest BCUT2D eigenvalue weighted by molar-refractivity contribution is 6.23. The minimum absolute atomic E-state index is 0.0802. The van der Waals surface area contributed by atoms with Crippen LogP contribution < -0.4 is 10.2 Å². The van der Waals surface area contributed by atoms with E-state index in [1.54, 1.807) is 0 Å². The minimum Gasteiger partial charge on any atom is -0.355 e. The first-order valence-electron chi connectivity index (χ1n) is 11.5. The molecule has 3 amide bonds. The highest BCUT2D eigenvalue weighted by atomic mass is 19.4. The van der Waals surface area contributed by atoms with Gasteiger partial charge in [0.25, 0.3) is 5.91 Å². The summed E-state index contributed by atoms with van der Waals surface area (Å²) >= 11 is 0. The summed E-state index contributed by atoms with van der Waals surface area (Å²) in [5, 5.41) is 12.1. The van der Waals surface area contributed by atoms with Gasteiger partial charge in [-0.2, -0.15) is 31.6 Å². The maximum absolute atomic E-state index is 13.9. The summed E-state index contributed by atoms with van der Waals surface area (Å²) < 4.78 is 95.8. The van der Waals surface area contributed by atoms with Crippen LogP contribution in [0.15, 0.2) is 60.7 Å². The number of imide groups is 1. The molecule has 6 nitrogen and oxygen atoms in total. The number of carbonyl (C=O) groups excluding carboxylic acids is 2. The van der Waals surface area contributed by atoms with Crippen LogP contribution in [0, 0.1) is 17.1 Å². The zero-order valence-electron chi connectivity index (χ0n) is 20.8. The lowest BCUT2D eigenvalue weighted by atomic mass is 10.0. The molecule has 0 aromatic heterocycles. The molecule has 4 rings (SSSR count). The van der Waals surface area contributed by atoms with Crippen molar-refractivity contribution in [2.24, 2.45) is 0 Å². The van der Waals surface area contributed by atoms with Gasteiger partial charge in [-0.05, 0) is 74.0 Å². The fraction of sp³-hybridized carbons (Fsp3) is 0.222. The molecule has 0 radical (unpaired) electrons. The number of rotatable bonds is 5. The van der Waals surface area contributed by atoms with Gasteiger partial charge >= 0.3 is 18.4 Å². The summed E-state index contributed by atoms with van der Waals surface area (Å²) in [5.74, 6) is -1.63. The van der Waals surface area contributed by atoms with Crippen LogP contribution in [-0.2, 0) is 23.7 Å². The number of alkyl halides is 6. The van der Waals surface area contributed by atoms with Crippen molar-refractivity contribution in [2.75, 3.05) is 10.2 Å². The molecule has 1 fully saturated rings. The van der Waals surface area contributed by atoms with Gasteiger partial charge in [-0.25, -0.2) is 14.1 Å². The van der Waals surface area contributed by atoms with E-state index in [0.717, 1.165) is 53.4 Å². The van der Waals surface area contributed by atoms with Gasteiger partial charge in [-0.3, -0.25) is 4.79 Å². The predicted octanol–water partition coefficient (Wildman–Crippen LogP) is 7.23. The molecule has 0 spiro atoms. The zero-order valence-corrected chi connectivity index (χ0v) is 20.8. The maximum Gasteiger partial charge on any atom is 0.419 e. The maximum atomic E-state index is 13.9. The monoisotopic (exact) mass is 564 g/mol. The summed E-state index contributed by atoms with van der Waals surface area (Å²) in [6.45, 7) is 1.88. The number of carbonyl (C=O) groups is 2. The first-order chi connectivity index (χ1) is 18.6. The molecule has 0 atom stereocenters. The number of anilines is 3. The lowest BCUT2D eigenvalue weighted by Crippen LogP contribution is -2.43. The molecule has 0 unspecified atom stereocenters. The molecule has 1 aliphatic heterocycles. The number of hydrogen-bond acceptors (Lipinski definition) is 4. The molecule has 0 bridgehead atoms. The molecule has 0 aliphatic carbocycles. The SMILES string of the molecule is CC1(C)C(=O)N(c2cccc(C#N)c2C(F)(F)F)C(=O)N1Cc1cc(C(F)(F)F)ccc1Nc1ccc(F)cc1. The van der Waals surface area contributed by atoms with Crippen LogP contribution in [-0.4, -0.2) is 22.4 Å². The normalized spacial score (nSPS) is 15.4. The summed E-state index contributed by atoms with van der Waals surface area (Å²) in [6, 6.07) is 10.5. The van der Waals surface area contributed by atoms with E-state index in [1.807, 2.05) is 0 Å². The van der Waals surface area contributed by atoms with Crippen LogP contribution in [0.3, 0.4) is 0 Å². The fourth-order valence-electron chi connectivity index (χ4n) is 4.31. The van der Waals surface area contributed by atoms with Crippen molar-refractivity contribution in [1.29, 1.82) is 5.26 Å². The third-order valence-corrected chi connectivity index (χ3v) is 6.39. The van der Waals surface area contributed by atoms with Gasteiger partial charge in [-0.15, -0.1) is 0 Å². The number of nitrogens with one attached hydrogen (secondary N) is 1. The first-order valence-corrected chi connectivity index (χ1v) is 11.5. The Hall–Kier alpha value is -4.60. The van der Waals surface area contributed by atoms with E-state index >= 15 is 0 Å². The molecular formula is C27H19F7N4O2. The van der Waals surface area contributed by atoms with E-state index in [1.165, 1.54) is 32.0 Å². The molecule has 13 heteroatoms. The minimum atomic E-state index is -5.10. The molecular weight excluding hydrogens is 545 g/mol. The number of benzene rings is 3. The Bertz CT molecular complexity index is 1520. The van der Waals surface area contributed by atoms with E-state index in [9.17, 15) is 45.6 Å². The first kappa shape index (κ1) is 28.4. The van der Waals surface area contributed by atoms with Crippen molar-refractivity contribution in [1.82, 2.24) is 4.90 Å². The van der Waals surface area contributed by atoms with Crippen LogP contribution in [0.1, 0.15) is 36.1 Å². The van der Waals surface area contributed by atoms with Crippen molar-refractivity contribution in [3.05, 3.63) is 88.7 Å². The second kappa shape index (κ2) is 9.86. The standard InChI is InChI=1S/C27H19F7N4O2/c1-25(2)23(39)38(21-5-3-4-15(13-35)22(21)27(32,33)34)24(40)37(25)14-16-12-17(26(29,30)31)6-11-20(16)36-19-9-7-18(28)8-10-19/h3-12,36H,14H2,1-2H3. The lowest BCUT2D eigenvalue weighted by Gasteiger charge is -2.29. The van der Waals surface area contributed by atoms with E-state index in [0.29, 0.717) is 5.69 Å². The number of nitrogens with zero attached hydrogens (tertiary/aromatic N) is 3. The molecule has 1 heterocycles. The Kier molecular flexibility index (Phi) is 7.00. The number of urea groups is 1. The van der Waals surface area contributed by atoms with E-state index in [4.69, 9.17) is 0 Å². The van der Waals surface area contributed by atoms with Crippen LogP contribution >= 0.6 is 0 Å². The average molecular weight is 564 g/mol. The van der Waals surface area contributed by atoms with Crippen molar-refractivity contribution in [3.63, 3.8) is 0 Å². The lowest BCUT2D eigenvalue weighted by molar-refractivity contribution is -0.138. The third kappa shape index (κ3) is 5.16. The van der Waals surface area contributed by atoms with Crippen LogP contribution in [0.25, 0.3) is 0 Å². The summed E-state index contributed by atoms with van der Waals surface area (Å²) in [7, 11) is 0. The Morgan fingerprint density at radius 2 is 1.57 bits per heavy atom. The topological polar surface area (TPSA) is 76.4 Å². The highest BCUT2D eigenvalue weighted by Gasteiger charge is 2.54. The number of amides is 3. The van der Waals surface area contributed by atoms with Crippen LogP contribution in [0.4, 0.5) is 52.6 Å². The average Bonchev–Trinajstić information content (AvgIpc) is 3.03. The van der Waals surface area contributed by atoms with Gasteiger partial charge in [0, 0.05) is 11.4 Å². The highest BCUT2D eigenvalue weighted by Crippen LogP contribution is 2.43. The summed E-state index contributed by atoms with van der Waals surface area (Å²) in [5.41, 5.74) is -5.76. The van der Waals surface area contributed by atoms with Gasteiger partial charge in [0.05, 0.1) is 35.0 Å². The van der Waals surface area contributed by atoms with Gasteiger partial charge < -0.3 is 10.2 Å². The second-order valence-corrected chi connectivity index (χ2v) is 9.38. The van der Waals surface area contributed by atoms with Gasteiger partial charge in [0.15, 0.2) is 0 Å². The van der Waals surface area contributed by atoms with Gasteiger partial charge in [0.2, 0.25) is 0 Å². The molecule has 1 saturated heterocycles. The number of hydrogen-bond donors (Lipinski definition) is 1. The number of halogens is 7. The second-order valence-electron chi connectivity index (χ2n) is 9.38. The molecule has 3 aromatic carbocycles. The number of nitriles is 1. The van der Waals surface area contributed by atoms with Crippen molar-refractivity contribution >= 4 is 29.0 Å². The van der Waals surface area contributed by atoms with Gasteiger partial charge in [-0.1, -0.05) is 6.07 Å². The van der Waals surface area contributed by atoms with Crippen LogP contribution in [0.5, 0.6) is 0 Å². The zero-order chi connectivity index (χ0) is 29.6. The fourth-order valence-corrected chi connectivity index (χ4v) is 4.31. The van der Waals surface area contributed by atoms with Crippen molar-refractivity contribution in [3.8, 4) is 6.07 Å². The largest absolute Gasteiger partial charge is 0.419 e. The Balaban J connectivity index is 1.80. The smallest absolute Gasteiger partial charge is 0.355 e. The van der Waals surface area contributed by atoms with E-state index in [2.05, 4.69) is 5.32 Å². The molecule has 3 aromatic rings. The van der Waals surface area contributed by atoms with Crippen molar-refractivity contribution < 1.29 is 40.3 Å². The van der Waals surface area contributed by atoms with Gasteiger partial charge in [0.1, 0.15) is 11.4 Å². The third-order valence-electron chi connectivity index (χ3n) is 6.39. The van der Waals surface area contributed by atoms with E-state index < -0.39 is 64.6 Å². The quantitative estimate of drug-likeness (QED) is 0.262. The summed E-state index contributed by atoms with van der Waals surface area (Å²) in [6.07, 6.45) is -9.87. The van der Waals surface area contributed by atoms with Crippen molar-refractivity contribution in [2.45, 2.75) is 38.3 Å². The molecule has 0 saturated carbocycles. The molecule has 1 aliphatic rings. The molecule has 208 valence electrons. The molecule has 1 N–H and O–H groups in total. The summed E-state index contributed by atoms with van der Waals surface area (Å²) in [4.78, 5) is 28.0. The van der Waals surface area contributed by atoms with Crippen LogP contribution in [0.2, 0.25) is 0 Å². The Morgan fingerprint density at radius 1 is 0.925 bits per heavy atom.